The number of unbranched alkanes of at least 4 members (excludes halogenated alkanes) is 14. The van der Waals surface area contributed by atoms with Gasteiger partial charge in [-0.2, -0.15) is 0 Å². The van der Waals surface area contributed by atoms with Crippen LogP contribution in [0.3, 0.4) is 0 Å². The van der Waals surface area contributed by atoms with Crippen LogP contribution < -0.4 is 51.4 Å². The van der Waals surface area contributed by atoms with Gasteiger partial charge in [0, 0.05) is 0 Å². The van der Waals surface area contributed by atoms with E-state index in [0.717, 1.165) is 42.0 Å². The van der Waals surface area contributed by atoms with E-state index in [2.05, 4.69) is 26.0 Å². The Kier molecular flexibility index (Phi) is 18.4. The maximum absolute atomic E-state index is 12.1. The third kappa shape index (κ3) is 13.0. The Hall–Kier alpha value is 0.246. The summed E-state index contributed by atoms with van der Waals surface area (Å²) in [7, 11) is -4.49. The first-order valence-corrected chi connectivity index (χ1v) is 15.4. The third-order valence-corrected chi connectivity index (χ3v) is 7.94. The molecule has 0 atom stereocenters. The number of benzene rings is 2. The van der Waals surface area contributed by atoms with E-state index in [1.54, 1.807) is 6.07 Å². The second kappa shape index (κ2) is 19.3. The summed E-state index contributed by atoms with van der Waals surface area (Å²) in [5, 5.41) is 1.98. The molecule has 0 amide bonds. The van der Waals surface area contributed by atoms with E-state index in [4.69, 9.17) is 0 Å². The van der Waals surface area contributed by atoms with E-state index in [1.807, 2.05) is 12.1 Å². The summed E-state index contributed by atoms with van der Waals surface area (Å²) in [6.45, 7) is 4.47. The third-order valence-electron chi connectivity index (χ3n) is 7.02. The molecule has 0 N–H and O–H groups in total. The zero-order chi connectivity index (χ0) is 24.7. The van der Waals surface area contributed by atoms with Gasteiger partial charge in [-0.25, -0.2) is 8.42 Å². The van der Waals surface area contributed by atoms with E-state index in [0.29, 0.717) is 12.0 Å². The second-order valence-electron chi connectivity index (χ2n) is 10.0. The first-order chi connectivity index (χ1) is 16.5. The van der Waals surface area contributed by atoms with Crippen LogP contribution in [0.4, 0.5) is 0 Å². The molecule has 0 fully saturated rings. The molecule has 0 aromatic heterocycles. The SMILES string of the molecule is CCCCCCCCCCc1cc2cccc(CCCCCCCCCC)c2cc1S(=O)(=O)[O-].[K+]. The van der Waals surface area contributed by atoms with Crippen molar-refractivity contribution in [3.8, 4) is 0 Å². The average Bonchev–Trinajstić information content (AvgIpc) is 2.81. The fourth-order valence-corrected chi connectivity index (χ4v) is 5.71. The second-order valence-corrected chi connectivity index (χ2v) is 11.4. The molecule has 0 aliphatic heterocycles. The van der Waals surface area contributed by atoms with Crippen molar-refractivity contribution >= 4 is 20.9 Å². The molecule has 0 aliphatic carbocycles. The Bertz CT molecular complexity index is 940. The fraction of sp³-hybridized carbons (Fsp3) is 0.667. The van der Waals surface area contributed by atoms with Crippen LogP contribution in [0.2, 0.25) is 0 Å². The van der Waals surface area contributed by atoms with Crippen molar-refractivity contribution in [2.75, 3.05) is 0 Å². The van der Waals surface area contributed by atoms with Gasteiger partial charge in [0.05, 0.1) is 4.90 Å². The van der Waals surface area contributed by atoms with Crippen LogP contribution in [0.15, 0.2) is 35.2 Å². The molecule has 0 unspecified atom stereocenters. The molecule has 0 aliphatic rings. The van der Waals surface area contributed by atoms with E-state index < -0.39 is 10.1 Å². The Morgan fingerprint density at radius 2 is 1.09 bits per heavy atom. The number of rotatable bonds is 19. The molecule has 192 valence electrons. The monoisotopic (exact) mass is 526 g/mol. The summed E-state index contributed by atoms with van der Waals surface area (Å²) >= 11 is 0. The molecule has 5 heteroatoms. The molecule has 0 bridgehead atoms. The van der Waals surface area contributed by atoms with E-state index >= 15 is 0 Å². The van der Waals surface area contributed by atoms with Crippen LogP contribution in [0.5, 0.6) is 0 Å². The predicted octanol–water partition coefficient (Wildman–Crippen LogP) is 6.11. The maximum atomic E-state index is 12.1. The molecule has 0 heterocycles. The quantitative estimate of drug-likeness (QED) is 0.126. The van der Waals surface area contributed by atoms with Gasteiger partial charge in [-0.05, 0) is 59.7 Å². The Morgan fingerprint density at radius 1 is 0.629 bits per heavy atom. The summed E-state index contributed by atoms with van der Waals surface area (Å²) in [5.74, 6) is 0. The van der Waals surface area contributed by atoms with Gasteiger partial charge in [0.1, 0.15) is 10.1 Å². The number of aryl methyl sites for hydroxylation is 2. The fourth-order valence-electron chi connectivity index (χ4n) is 4.96. The summed E-state index contributed by atoms with van der Waals surface area (Å²) in [4.78, 5) is -0.00804. The van der Waals surface area contributed by atoms with Gasteiger partial charge < -0.3 is 4.55 Å². The van der Waals surface area contributed by atoms with Crippen LogP contribution in [0, 0.1) is 0 Å². The van der Waals surface area contributed by atoms with Crippen LogP contribution in [0.25, 0.3) is 10.8 Å². The van der Waals surface area contributed by atoms with E-state index in [1.165, 1.54) is 83.5 Å². The van der Waals surface area contributed by atoms with Crippen molar-refractivity contribution in [3.63, 3.8) is 0 Å². The zero-order valence-corrected chi connectivity index (χ0v) is 26.7. The predicted molar refractivity (Wildman–Crippen MR) is 145 cm³/mol. The summed E-state index contributed by atoms with van der Waals surface area (Å²) in [6, 6.07) is 9.82. The van der Waals surface area contributed by atoms with Gasteiger partial charge in [-0.1, -0.05) is 122 Å². The van der Waals surface area contributed by atoms with Gasteiger partial charge >= 0.3 is 51.4 Å². The summed E-state index contributed by atoms with van der Waals surface area (Å²) in [5.41, 5.74) is 1.85. The minimum atomic E-state index is -4.49. The molecule has 2 rings (SSSR count). The number of hydrogen-bond donors (Lipinski definition) is 0. The van der Waals surface area contributed by atoms with Crippen LogP contribution in [0.1, 0.15) is 128 Å². The largest absolute Gasteiger partial charge is 1.00 e. The molecule has 2 aromatic carbocycles. The van der Waals surface area contributed by atoms with E-state index in [-0.39, 0.29) is 56.3 Å². The van der Waals surface area contributed by atoms with Gasteiger partial charge in [0.2, 0.25) is 0 Å². The van der Waals surface area contributed by atoms with Gasteiger partial charge in [-0.3, -0.25) is 0 Å². The Labute approximate surface area is 258 Å². The average molecular weight is 527 g/mol. The molecule has 0 saturated heterocycles. The van der Waals surface area contributed by atoms with Crippen molar-refractivity contribution in [2.24, 2.45) is 0 Å². The molecule has 2 aromatic rings. The Balaban J connectivity index is 0.00000612. The summed E-state index contributed by atoms with van der Waals surface area (Å²) < 4.78 is 36.3. The van der Waals surface area contributed by atoms with Gasteiger partial charge in [0.25, 0.3) is 0 Å². The number of fused-ring (bicyclic) bond motifs is 1. The van der Waals surface area contributed by atoms with Crippen LogP contribution in [-0.4, -0.2) is 13.0 Å². The molecule has 0 spiro atoms. The molecular formula is C30H47KO3S. The van der Waals surface area contributed by atoms with Gasteiger partial charge in [0.15, 0.2) is 0 Å². The number of hydrogen-bond acceptors (Lipinski definition) is 3. The normalized spacial score (nSPS) is 11.6. The standard InChI is InChI=1S/C30H48O3S.K/c1-3-5-7-9-11-13-15-17-20-26-22-19-23-27-24-28(30(25-29(26)27)34(31,32)33)21-18-16-14-12-10-8-6-4-2;/h19,22-25H,3-18,20-21H2,1-2H3,(H,31,32,33);/q;+1/p-1. The zero-order valence-electron chi connectivity index (χ0n) is 22.7. The summed E-state index contributed by atoms with van der Waals surface area (Å²) in [6.07, 6.45) is 21.3. The van der Waals surface area contributed by atoms with Crippen LogP contribution in [-0.2, 0) is 23.0 Å². The van der Waals surface area contributed by atoms with Crippen molar-refractivity contribution in [1.82, 2.24) is 0 Å². The van der Waals surface area contributed by atoms with Crippen molar-refractivity contribution in [3.05, 3.63) is 41.5 Å². The smallest absolute Gasteiger partial charge is 0.744 e. The molecule has 0 saturated carbocycles. The topological polar surface area (TPSA) is 57.2 Å². The molecule has 35 heavy (non-hydrogen) atoms. The Morgan fingerprint density at radius 3 is 1.57 bits per heavy atom. The molecule has 0 radical (unpaired) electrons. The maximum Gasteiger partial charge on any atom is 1.00 e. The van der Waals surface area contributed by atoms with E-state index in [9.17, 15) is 13.0 Å². The minimum absolute atomic E-state index is 0. The molecular weight excluding hydrogens is 479 g/mol. The van der Waals surface area contributed by atoms with Crippen molar-refractivity contribution in [1.29, 1.82) is 0 Å². The van der Waals surface area contributed by atoms with Crippen LogP contribution >= 0.6 is 0 Å². The molecule has 3 nitrogen and oxygen atoms in total. The van der Waals surface area contributed by atoms with Crippen molar-refractivity contribution < 1.29 is 64.4 Å². The minimum Gasteiger partial charge on any atom is -0.744 e. The van der Waals surface area contributed by atoms with Gasteiger partial charge in [-0.15, -0.1) is 0 Å². The first kappa shape index (κ1) is 33.3. The van der Waals surface area contributed by atoms with Crippen molar-refractivity contribution in [2.45, 2.75) is 134 Å². The first-order valence-electron chi connectivity index (χ1n) is 14.0.